The van der Waals surface area contributed by atoms with Gasteiger partial charge in [-0.3, -0.25) is 14.6 Å². The number of amides is 2. The molecule has 1 aromatic heterocycles. The molecule has 6 heteroatoms. The zero-order chi connectivity index (χ0) is 14.7. The minimum atomic E-state index is -0.217. The molecule has 1 aromatic rings. The van der Waals surface area contributed by atoms with Gasteiger partial charge in [0.25, 0.3) is 5.91 Å². The van der Waals surface area contributed by atoms with Crippen molar-refractivity contribution in [2.24, 2.45) is 5.92 Å². The highest BCUT2D eigenvalue weighted by Gasteiger charge is 2.36. The van der Waals surface area contributed by atoms with Gasteiger partial charge < -0.3 is 15.5 Å². The highest BCUT2D eigenvalue weighted by atomic mass is 16.2. The van der Waals surface area contributed by atoms with Crippen LogP contribution in [0, 0.1) is 12.8 Å². The van der Waals surface area contributed by atoms with Crippen LogP contribution in [0.25, 0.3) is 0 Å². The summed E-state index contributed by atoms with van der Waals surface area (Å²) in [6.45, 7) is 3.12. The Bertz CT molecular complexity index is 518. The number of hydrogen-bond donors (Lipinski definition) is 2. The number of carbonyl (C=O) groups excluding carboxylic acids is 2. The van der Waals surface area contributed by atoms with E-state index in [9.17, 15) is 9.59 Å². The Labute approximate surface area is 118 Å². The van der Waals surface area contributed by atoms with E-state index in [1.165, 1.54) is 0 Å². The molecular weight excluding hydrogens is 256 g/mol. The van der Waals surface area contributed by atoms with Crippen LogP contribution in [0.2, 0.25) is 0 Å². The van der Waals surface area contributed by atoms with E-state index in [0.717, 1.165) is 0 Å². The topological polar surface area (TPSA) is 74.3 Å². The molecule has 0 unspecified atom stereocenters. The predicted octanol–water partition coefficient (Wildman–Crippen LogP) is -0.204. The molecule has 0 bridgehead atoms. The fourth-order valence-corrected chi connectivity index (χ4v) is 2.57. The second-order valence-electron chi connectivity index (χ2n) is 5.16. The number of nitrogens with zero attached hydrogens (tertiary/aromatic N) is 2. The molecular formula is C14H20N4O2. The molecule has 0 radical (unpaired) electrons. The van der Waals surface area contributed by atoms with Gasteiger partial charge in [0, 0.05) is 32.0 Å². The van der Waals surface area contributed by atoms with E-state index in [4.69, 9.17) is 0 Å². The van der Waals surface area contributed by atoms with Crippen molar-refractivity contribution in [1.29, 1.82) is 0 Å². The molecule has 1 aliphatic rings. The van der Waals surface area contributed by atoms with Crippen molar-refractivity contribution in [3.63, 3.8) is 0 Å². The lowest BCUT2D eigenvalue weighted by molar-refractivity contribution is -0.124. The Morgan fingerprint density at radius 2 is 2.15 bits per heavy atom. The van der Waals surface area contributed by atoms with E-state index in [2.05, 4.69) is 15.6 Å². The van der Waals surface area contributed by atoms with Crippen molar-refractivity contribution >= 4 is 11.8 Å². The maximum Gasteiger partial charge on any atom is 0.253 e. The van der Waals surface area contributed by atoms with Crippen molar-refractivity contribution < 1.29 is 9.59 Å². The van der Waals surface area contributed by atoms with E-state index in [1.807, 2.05) is 11.9 Å². The Morgan fingerprint density at radius 3 is 2.80 bits per heavy atom. The lowest BCUT2D eigenvalue weighted by Crippen LogP contribution is -2.45. The molecule has 1 aliphatic heterocycles. The van der Waals surface area contributed by atoms with Crippen LogP contribution in [0.3, 0.4) is 0 Å². The molecule has 0 aliphatic carbocycles. The summed E-state index contributed by atoms with van der Waals surface area (Å²) in [5, 5.41) is 5.60. The molecule has 2 heterocycles. The first kappa shape index (κ1) is 14.5. The van der Waals surface area contributed by atoms with E-state index < -0.39 is 0 Å². The molecule has 20 heavy (non-hydrogen) atoms. The Hall–Kier alpha value is -1.95. The molecule has 2 N–H and O–H groups in total. The van der Waals surface area contributed by atoms with Gasteiger partial charge in [-0.05, 0) is 26.1 Å². The second-order valence-corrected chi connectivity index (χ2v) is 5.16. The Balaban J connectivity index is 2.10. The lowest BCUT2D eigenvalue weighted by atomic mass is 10.0. The monoisotopic (exact) mass is 276 g/mol. The smallest absolute Gasteiger partial charge is 0.253 e. The fraction of sp³-hybridized carbons (Fsp3) is 0.500. The van der Waals surface area contributed by atoms with Gasteiger partial charge in [-0.1, -0.05) is 0 Å². The zero-order valence-corrected chi connectivity index (χ0v) is 12.0. The molecule has 2 rings (SSSR count). The quantitative estimate of drug-likeness (QED) is 0.801. The third-order valence-electron chi connectivity index (χ3n) is 3.65. The van der Waals surface area contributed by atoms with Crippen LogP contribution < -0.4 is 10.6 Å². The SMILES string of the molecule is CNC(=O)[C@H]1CN(C)C[C@@H]1NC(=O)c1cccnc1C. The number of hydrogen-bond acceptors (Lipinski definition) is 4. The maximum atomic E-state index is 12.3. The van der Waals surface area contributed by atoms with Crippen LogP contribution in [0.5, 0.6) is 0 Å². The second kappa shape index (κ2) is 6.00. The number of aryl methyl sites for hydroxylation is 1. The number of carbonyl (C=O) groups is 2. The number of pyridine rings is 1. The normalized spacial score (nSPS) is 22.6. The molecule has 1 fully saturated rings. The van der Waals surface area contributed by atoms with E-state index in [0.29, 0.717) is 24.3 Å². The van der Waals surface area contributed by atoms with Crippen LogP contribution in [0.15, 0.2) is 18.3 Å². The van der Waals surface area contributed by atoms with Gasteiger partial charge in [0.2, 0.25) is 5.91 Å². The zero-order valence-electron chi connectivity index (χ0n) is 12.0. The van der Waals surface area contributed by atoms with Crippen molar-refractivity contribution in [3.8, 4) is 0 Å². The standard InChI is InChI=1S/C14H20N4O2/c1-9-10(5-4-6-16-9)14(20)17-12-8-18(3)7-11(12)13(19)15-2/h4-6,11-12H,7-8H2,1-3H3,(H,15,19)(H,17,20)/t11-,12-/m0/s1. The highest BCUT2D eigenvalue weighted by molar-refractivity contribution is 5.95. The Kier molecular flexibility index (Phi) is 4.34. The third kappa shape index (κ3) is 2.96. The largest absolute Gasteiger partial charge is 0.359 e. The van der Waals surface area contributed by atoms with Gasteiger partial charge in [0.1, 0.15) is 0 Å². The summed E-state index contributed by atoms with van der Waals surface area (Å²) >= 11 is 0. The molecule has 0 spiro atoms. The molecule has 6 nitrogen and oxygen atoms in total. The lowest BCUT2D eigenvalue weighted by Gasteiger charge is -2.19. The summed E-state index contributed by atoms with van der Waals surface area (Å²) < 4.78 is 0. The minimum Gasteiger partial charge on any atom is -0.359 e. The van der Waals surface area contributed by atoms with Gasteiger partial charge in [-0.2, -0.15) is 0 Å². The highest BCUT2D eigenvalue weighted by Crippen LogP contribution is 2.16. The molecule has 108 valence electrons. The first-order valence-corrected chi connectivity index (χ1v) is 6.65. The van der Waals surface area contributed by atoms with Crippen molar-refractivity contribution in [2.75, 3.05) is 27.2 Å². The number of likely N-dealkylation sites (tertiary alicyclic amines) is 1. The third-order valence-corrected chi connectivity index (χ3v) is 3.65. The summed E-state index contributed by atoms with van der Waals surface area (Å²) in [7, 11) is 3.56. The van der Waals surface area contributed by atoms with Crippen LogP contribution in [0.1, 0.15) is 16.1 Å². The number of aromatic nitrogens is 1. The number of rotatable bonds is 3. The van der Waals surface area contributed by atoms with Gasteiger partial charge in [-0.15, -0.1) is 0 Å². The van der Waals surface area contributed by atoms with Crippen LogP contribution in [-0.4, -0.2) is 54.9 Å². The number of nitrogens with one attached hydrogen (secondary N) is 2. The van der Waals surface area contributed by atoms with E-state index in [-0.39, 0.29) is 23.8 Å². The summed E-state index contributed by atoms with van der Waals surface area (Å²) in [6, 6.07) is 3.30. The fourth-order valence-electron chi connectivity index (χ4n) is 2.57. The van der Waals surface area contributed by atoms with E-state index >= 15 is 0 Å². The number of likely N-dealkylation sites (N-methyl/N-ethyl adjacent to an activating group) is 1. The first-order valence-electron chi connectivity index (χ1n) is 6.65. The van der Waals surface area contributed by atoms with Gasteiger partial charge in [0.05, 0.1) is 17.5 Å². The van der Waals surface area contributed by atoms with Crippen molar-refractivity contribution in [3.05, 3.63) is 29.6 Å². The molecule has 2 amide bonds. The Morgan fingerprint density at radius 1 is 1.40 bits per heavy atom. The average molecular weight is 276 g/mol. The summed E-state index contributed by atoms with van der Waals surface area (Å²) in [6.07, 6.45) is 1.66. The predicted molar refractivity (Wildman–Crippen MR) is 75.3 cm³/mol. The first-order chi connectivity index (χ1) is 9.52. The van der Waals surface area contributed by atoms with E-state index in [1.54, 1.807) is 32.3 Å². The molecule has 0 aromatic carbocycles. The summed E-state index contributed by atoms with van der Waals surface area (Å²) in [5.41, 5.74) is 1.24. The van der Waals surface area contributed by atoms with Gasteiger partial charge >= 0.3 is 0 Å². The molecule has 0 saturated carbocycles. The van der Waals surface area contributed by atoms with Crippen LogP contribution in [-0.2, 0) is 4.79 Å². The summed E-state index contributed by atoms with van der Waals surface area (Å²) in [5.74, 6) is -0.432. The maximum absolute atomic E-state index is 12.3. The van der Waals surface area contributed by atoms with Gasteiger partial charge in [0.15, 0.2) is 0 Å². The van der Waals surface area contributed by atoms with Gasteiger partial charge in [-0.25, -0.2) is 0 Å². The van der Waals surface area contributed by atoms with Crippen molar-refractivity contribution in [2.45, 2.75) is 13.0 Å². The minimum absolute atomic E-state index is 0.0393. The molecule has 1 saturated heterocycles. The average Bonchev–Trinajstić information content (AvgIpc) is 2.79. The van der Waals surface area contributed by atoms with Crippen molar-refractivity contribution in [1.82, 2.24) is 20.5 Å². The summed E-state index contributed by atoms with van der Waals surface area (Å²) in [4.78, 5) is 30.3. The van der Waals surface area contributed by atoms with Crippen LogP contribution in [0.4, 0.5) is 0 Å². The van der Waals surface area contributed by atoms with Crippen LogP contribution >= 0.6 is 0 Å². The molecule has 2 atom stereocenters.